The number of carbonyl (C=O) groups excluding carboxylic acids is 1. The second kappa shape index (κ2) is 6.57. The fourth-order valence-electron chi connectivity index (χ4n) is 2.06. The van der Waals surface area contributed by atoms with Crippen molar-refractivity contribution in [2.45, 2.75) is 19.9 Å². The summed E-state index contributed by atoms with van der Waals surface area (Å²) >= 11 is 6.14. The van der Waals surface area contributed by atoms with Crippen LogP contribution in [-0.2, 0) is 17.8 Å². The monoisotopic (exact) mass is 331 g/mol. The van der Waals surface area contributed by atoms with Gasteiger partial charge in [0.25, 0.3) is 0 Å². The van der Waals surface area contributed by atoms with Gasteiger partial charge in [-0.05, 0) is 41.6 Å². The van der Waals surface area contributed by atoms with Crippen molar-refractivity contribution in [1.82, 2.24) is 30.0 Å². The average molecular weight is 332 g/mol. The van der Waals surface area contributed by atoms with Gasteiger partial charge < -0.3 is 5.32 Å². The van der Waals surface area contributed by atoms with Crippen LogP contribution in [0.25, 0.3) is 5.69 Å². The molecule has 0 radical (unpaired) electrons. The SMILES string of the molecule is CCn1ccc(CC(=O)Nc2cc(-n3cnnn3)ccc2Cl)n1. The summed E-state index contributed by atoms with van der Waals surface area (Å²) in [5, 5.41) is 18.5. The molecule has 0 bridgehead atoms. The molecule has 8 nitrogen and oxygen atoms in total. The van der Waals surface area contributed by atoms with Gasteiger partial charge in [-0.1, -0.05) is 11.6 Å². The number of hydrogen-bond acceptors (Lipinski definition) is 5. The smallest absolute Gasteiger partial charge is 0.230 e. The Balaban J connectivity index is 1.73. The number of aryl methyl sites for hydroxylation is 1. The van der Waals surface area contributed by atoms with Crippen molar-refractivity contribution in [3.05, 3.63) is 47.5 Å². The highest BCUT2D eigenvalue weighted by molar-refractivity contribution is 6.33. The molecule has 3 aromatic rings. The fraction of sp³-hybridized carbons (Fsp3) is 0.214. The van der Waals surface area contributed by atoms with Crippen LogP contribution in [0.2, 0.25) is 5.02 Å². The van der Waals surface area contributed by atoms with Crippen molar-refractivity contribution in [3.8, 4) is 5.69 Å². The molecular formula is C14H14ClN7O. The highest BCUT2D eigenvalue weighted by atomic mass is 35.5. The van der Waals surface area contributed by atoms with Gasteiger partial charge in [0.2, 0.25) is 5.91 Å². The van der Waals surface area contributed by atoms with Gasteiger partial charge in [0.05, 0.1) is 28.5 Å². The molecule has 0 aliphatic heterocycles. The predicted octanol–water partition coefficient (Wildman–Crippen LogP) is 1.71. The molecule has 0 unspecified atom stereocenters. The van der Waals surface area contributed by atoms with Crippen LogP contribution >= 0.6 is 11.6 Å². The van der Waals surface area contributed by atoms with Crippen LogP contribution in [0.3, 0.4) is 0 Å². The van der Waals surface area contributed by atoms with E-state index in [1.54, 1.807) is 22.9 Å². The molecule has 0 spiro atoms. The molecule has 0 saturated heterocycles. The number of carbonyl (C=O) groups is 1. The molecular weight excluding hydrogens is 318 g/mol. The van der Waals surface area contributed by atoms with Crippen molar-refractivity contribution in [2.75, 3.05) is 5.32 Å². The molecule has 23 heavy (non-hydrogen) atoms. The molecule has 2 aromatic heterocycles. The number of nitrogens with zero attached hydrogens (tertiary/aromatic N) is 6. The molecule has 3 rings (SSSR count). The number of halogens is 1. The van der Waals surface area contributed by atoms with Gasteiger partial charge in [-0.3, -0.25) is 9.48 Å². The van der Waals surface area contributed by atoms with Crippen molar-refractivity contribution >= 4 is 23.2 Å². The van der Waals surface area contributed by atoms with E-state index >= 15 is 0 Å². The van der Waals surface area contributed by atoms with E-state index in [0.29, 0.717) is 22.1 Å². The third-order valence-corrected chi connectivity index (χ3v) is 3.53. The third kappa shape index (κ3) is 3.54. The Morgan fingerprint density at radius 1 is 1.35 bits per heavy atom. The summed E-state index contributed by atoms with van der Waals surface area (Å²) in [5.74, 6) is -0.192. The van der Waals surface area contributed by atoms with E-state index < -0.39 is 0 Å². The van der Waals surface area contributed by atoms with Crippen molar-refractivity contribution in [3.63, 3.8) is 0 Å². The summed E-state index contributed by atoms with van der Waals surface area (Å²) in [5.41, 5.74) is 1.90. The van der Waals surface area contributed by atoms with Gasteiger partial charge in [0.1, 0.15) is 6.33 Å². The molecule has 0 atom stereocenters. The Morgan fingerprint density at radius 3 is 2.91 bits per heavy atom. The standard InChI is InChI=1S/C14H14ClN7O/c1-2-21-6-5-10(18-21)7-14(23)17-13-8-11(3-4-12(13)15)22-9-16-19-20-22/h3-6,8-9H,2,7H2,1H3,(H,17,23). The van der Waals surface area contributed by atoms with Gasteiger partial charge >= 0.3 is 0 Å². The molecule has 1 N–H and O–H groups in total. The first kappa shape index (κ1) is 15.2. The third-order valence-electron chi connectivity index (χ3n) is 3.20. The van der Waals surface area contributed by atoms with Crippen LogP contribution in [0.5, 0.6) is 0 Å². The molecule has 0 saturated carbocycles. The van der Waals surface area contributed by atoms with Crippen LogP contribution in [0.4, 0.5) is 5.69 Å². The number of hydrogen-bond donors (Lipinski definition) is 1. The predicted molar refractivity (Wildman–Crippen MR) is 84.4 cm³/mol. The highest BCUT2D eigenvalue weighted by Gasteiger charge is 2.10. The number of benzene rings is 1. The molecule has 1 aromatic carbocycles. The first-order valence-electron chi connectivity index (χ1n) is 7.01. The van der Waals surface area contributed by atoms with Crippen molar-refractivity contribution < 1.29 is 4.79 Å². The minimum atomic E-state index is -0.192. The molecule has 0 aliphatic rings. The lowest BCUT2D eigenvalue weighted by atomic mass is 10.2. The second-order valence-corrected chi connectivity index (χ2v) is 5.21. The van der Waals surface area contributed by atoms with E-state index in [9.17, 15) is 4.79 Å². The topological polar surface area (TPSA) is 90.5 Å². The average Bonchev–Trinajstić information content (AvgIpc) is 3.20. The van der Waals surface area contributed by atoms with E-state index in [-0.39, 0.29) is 12.3 Å². The summed E-state index contributed by atoms with van der Waals surface area (Å²) in [4.78, 5) is 12.2. The number of nitrogens with one attached hydrogen (secondary N) is 1. The number of anilines is 1. The minimum Gasteiger partial charge on any atom is -0.324 e. The van der Waals surface area contributed by atoms with E-state index in [2.05, 4.69) is 25.9 Å². The van der Waals surface area contributed by atoms with E-state index in [4.69, 9.17) is 11.6 Å². The largest absolute Gasteiger partial charge is 0.324 e. The van der Waals surface area contributed by atoms with Crippen LogP contribution in [0.15, 0.2) is 36.8 Å². The van der Waals surface area contributed by atoms with Crippen LogP contribution in [0, 0.1) is 0 Å². The number of aromatic nitrogens is 6. The van der Waals surface area contributed by atoms with Crippen molar-refractivity contribution in [2.24, 2.45) is 0 Å². The van der Waals surface area contributed by atoms with Gasteiger partial charge in [0, 0.05) is 12.7 Å². The Bertz CT molecular complexity index is 812. The maximum absolute atomic E-state index is 12.2. The molecule has 2 heterocycles. The molecule has 118 valence electrons. The first-order chi connectivity index (χ1) is 11.2. The van der Waals surface area contributed by atoms with E-state index in [0.717, 1.165) is 6.54 Å². The quantitative estimate of drug-likeness (QED) is 0.768. The Kier molecular flexibility index (Phi) is 4.33. The van der Waals surface area contributed by atoms with Gasteiger partial charge in [-0.25, -0.2) is 4.68 Å². The van der Waals surface area contributed by atoms with Gasteiger partial charge in [-0.2, -0.15) is 5.10 Å². The summed E-state index contributed by atoms with van der Waals surface area (Å²) in [6.45, 7) is 2.75. The maximum Gasteiger partial charge on any atom is 0.230 e. The van der Waals surface area contributed by atoms with Crippen LogP contribution in [-0.4, -0.2) is 35.9 Å². The maximum atomic E-state index is 12.2. The van der Waals surface area contributed by atoms with Crippen LogP contribution in [0.1, 0.15) is 12.6 Å². The summed E-state index contributed by atoms with van der Waals surface area (Å²) in [7, 11) is 0. The summed E-state index contributed by atoms with van der Waals surface area (Å²) in [6, 6.07) is 6.97. The number of rotatable bonds is 5. The highest BCUT2D eigenvalue weighted by Crippen LogP contribution is 2.24. The fourth-order valence-corrected chi connectivity index (χ4v) is 2.23. The Morgan fingerprint density at radius 2 is 2.22 bits per heavy atom. The molecule has 9 heteroatoms. The zero-order chi connectivity index (χ0) is 16.2. The molecule has 0 fully saturated rings. The number of tetrazole rings is 1. The molecule has 0 aliphatic carbocycles. The van der Waals surface area contributed by atoms with Crippen LogP contribution < -0.4 is 5.32 Å². The van der Waals surface area contributed by atoms with Gasteiger partial charge in [0.15, 0.2) is 0 Å². The Labute approximate surface area is 137 Å². The second-order valence-electron chi connectivity index (χ2n) is 4.81. The lowest BCUT2D eigenvalue weighted by molar-refractivity contribution is -0.115. The lowest BCUT2D eigenvalue weighted by Crippen LogP contribution is -2.15. The van der Waals surface area contributed by atoms with Gasteiger partial charge in [-0.15, -0.1) is 5.10 Å². The summed E-state index contributed by atoms with van der Waals surface area (Å²) in [6.07, 6.45) is 3.48. The normalized spacial score (nSPS) is 10.7. The minimum absolute atomic E-state index is 0.179. The van der Waals surface area contributed by atoms with Crippen molar-refractivity contribution in [1.29, 1.82) is 0 Å². The zero-order valence-electron chi connectivity index (χ0n) is 12.3. The first-order valence-corrected chi connectivity index (χ1v) is 7.38. The lowest BCUT2D eigenvalue weighted by Gasteiger charge is -2.08. The number of amides is 1. The van der Waals surface area contributed by atoms with E-state index in [1.165, 1.54) is 11.0 Å². The molecule has 1 amide bonds. The Hall–Kier alpha value is -2.74. The van der Waals surface area contributed by atoms with E-state index in [1.807, 2.05) is 19.2 Å². The zero-order valence-corrected chi connectivity index (χ0v) is 13.1. The summed E-state index contributed by atoms with van der Waals surface area (Å²) < 4.78 is 3.25.